The van der Waals surface area contributed by atoms with Crippen LogP contribution in [0.25, 0.3) is 0 Å². The number of hydrogen-bond donors (Lipinski definition) is 1. The number of carboxylic acid groups (broad SMARTS) is 1. The summed E-state index contributed by atoms with van der Waals surface area (Å²) in [5, 5.41) is 9.60. The van der Waals surface area contributed by atoms with Crippen molar-refractivity contribution in [2.45, 2.75) is 45.6 Å². The van der Waals surface area contributed by atoms with E-state index in [4.69, 9.17) is 0 Å². The lowest BCUT2D eigenvalue weighted by Crippen LogP contribution is -2.43. The summed E-state index contributed by atoms with van der Waals surface area (Å²) in [4.78, 5) is 39.5. The number of hydrogen-bond acceptors (Lipinski definition) is 3. The number of aliphatic carboxylic acids is 1. The highest BCUT2D eigenvalue weighted by Gasteiger charge is 2.35. The van der Waals surface area contributed by atoms with Crippen LogP contribution in [0.3, 0.4) is 0 Å². The summed E-state index contributed by atoms with van der Waals surface area (Å²) in [5.41, 5.74) is 1.67. The van der Waals surface area contributed by atoms with E-state index in [1.165, 1.54) is 4.90 Å². The van der Waals surface area contributed by atoms with Crippen LogP contribution in [0.4, 0.5) is 0 Å². The quantitative estimate of drug-likeness (QED) is 0.821. The van der Waals surface area contributed by atoms with Gasteiger partial charge in [-0.3, -0.25) is 9.59 Å². The second-order valence-electron chi connectivity index (χ2n) is 6.20. The second kappa shape index (κ2) is 8.65. The zero-order chi connectivity index (χ0) is 18.4. The molecule has 1 N–H and O–H groups in total. The van der Waals surface area contributed by atoms with Crippen molar-refractivity contribution >= 4 is 17.8 Å². The monoisotopic (exact) mass is 346 g/mol. The third-order valence-corrected chi connectivity index (χ3v) is 4.74. The first-order valence-electron chi connectivity index (χ1n) is 8.87. The Labute approximate surface area is 148 Å². The average Bonchev–Trinajstić information content (AvgIpc) is 2.61. The smallest absolute Gasteiger partial charge is 0.331 e. The highest BCUT2D eigenvalue weighted by molar-refractivity contribution is 5.86. The Morgan fingerprint density at radius 3 is 2.48 bits per heavy atom. The first-order valence-corrected chi connectivity index (χ1v) is 8.87. The summed E-state index contributed by atoms with van der Waals surface area (Å²) in [6.45, 7) is 5.57. The van der Waals surface area contributed by atoms with Crippen molar-refractivity contribution in [1.82, 2.24) is 9.80 Å². The van der Waals surface area contributed by atoms with E-state index >= 15 is 0 Å². The molecule has 136 valence electrons. The number of rotatable bonds is 7. The van der Waals surface area contributed by atoms with Gasteiger partial charge in [-0.2, -0.15) is 0 Å². The van der Waals surface area contributed by atoms with Crippen LogP contribution in [0.5, 0.6) is 0 Å². The van der Waals surface area contributed by atoms with Gasteiger partial charge in [0.25, 0.3) is 0 Å². The van der Waals surface area contributed by atoms with Gasteiger partial charge in [-0.15, -0.1) is 0 Å². The molecule has 6 nitrogen and oxygen atoms in total. The third kappa shape index (κ3) is 4.38. The molecule has 1 aliphatic heterocycles. The van der Waals surface area contributed by atoms with Gasteiger partial charge in [-0.1, -0.05) is 24.3 Å². The van der Waals surface area contributed by atoms with Crippen LogP contribution in [0.1, 0.15) is 50.3 Å². The van der Waals surface area contributed by atoms with Crippen LogP contribution >= 0.6 is 0 Å². The molecule has 1 atom stereocenters. The average molecular weight is 346 g/mol. The van der Waals surface area contributed by atoms with Crippen molar-refractivity contribution in [3.8, 4) is 0 Å². The van der Waals surface area contributed by atoms with Crippen molar-refractivity contribution in [2.75, 3.05) is 19.6 Å². The summed E-state index contributed by atoms with van der Waals surface area (Å²) in [5.74, 6) is -1.18. The summed E-state index contributed by atoms with van der Waals surface area (Å²) in [7, 11) is 0. The molecular formula is C19H26N2O4. The Morgan fingerprint density at radius 1 is 1.16 bits per heavy atom. The van der Waals surface area contributed by atoms with Crippen molar-refractivity contribution in [2.24, 2.45) is 0 Å². The predicted molar refractivity (Wildman–Crippen MR) is 94.0 cm³/mol. The van der Waals surface area contributed by atoms with Crippen molar-refractivity contribution < 1.29 is 19.5 Å². The Kier molecular flexibility index (Phi) is 6.56. The van der Waals surface area contributed by atoms with Gasteiger partial charge in [0.15, 0.2) is 6.04 Å². The molecule has 0 bridgehead atoms. The fourth-order valence-electron chi connectivity index (χ4n) is 3.37. The zero-order valence-electron chi connectivity index (χ0n) is 14.9. The van der Waals surface area contributed by atoms with Crippen molar-refractivity contribution in [3.05, 3.63) is 35.4 Å². The first-order chi connectivity index (χ1) is 12.0. The molecule has 0 radical (unpaired) electrons. The van der Waals surface area contributed by atoms with Gasteiger partial charge in [0.2, 0.25) is 11.8 Å². The first kappa shape index (κ1) is 19.0. The normalized spacial score (nSPS) is 16.2. The second-order valence-corrected chi connectivity index (χ2v) is 6.20. The van der Waals surface area contributed by atoms with Gasteiger partial charge in [0.1, 0.15) is 0 Å². The Morgan fingerprint density at radius 2 is 1.84 bits per heavy atom. The number of carbonyl (C=O) groups is 3. The lowest BCUT2D eigenvalue weighted by atomic mass is 9.92. The predicted octanol–water partition coefficient (Wildman–Crippen LogP) is 2.24. The van der Waals surface area contributed by atoms with Crippen LogP contribution < -0.4 is 0 Å². The minimum atomic E-state index is -1.01. The fourth-order valence-corrected chi connectivity index (χ4v) is 3.37. The minimum absolute atomic E-state index is 0.0385. The van der Waals surface area contributed by atoms with Gasteiger partial charge in [0.05, 0.1) is 0 Å². The van der Waals surface area contributed by atoms with Gasteiger partial charge in [0, 0.05) is 32.5 Å². The summed E-state index contributed by atoms with van der Waals surface area (Å²) in [6.07, 6.45) is 1.61. The lowest BCUT2D eigenvalue weighted by molar-refractivity contribution is -0.151. The summed E-state index contributed by atoms with van der Waals surface area (Å²) in [6, 6.07) is 6.43. The molecule has 0 saturated heterocycles. The van der Waals surface area contributed by atoms with Crippen LogP contribution in [0.2, 0.25) is 0 Å². The molecule has 2 rings (SSSR count). The highest BCUT2D eigenvalue weighted by atomic mass is 16.4. The van der Waals surface area contributed by atoms with Crippen LogP contribution in [-0.2, 0) is 20.8 Å². The van der Waals surface area contributed by atoms with Crippen LogP contribution in [0, 0.1) is 0 Å². The minimum Gasteiger partial charge on any atom is -0.479 e. The molecule has 1 aromatic rings. The van der Waals surface area contributed by atoms with E-state index in [0.717, 1.165) is 5.56 Å². The lowest BCUT2D eigenvalue weighted by Gasteiger charge is -2.35. The van der Waals surface area contributed by atoms with Gasteiger partial charge in [-0.25, -0.2) is 4.79 Å². The maximum absolute atomic E-state index is 12.6. The molecule has 1 aromatic carbocycles. The summed E-state index contributed by atoms with van der Waals surface area (Å²) >= 11 is 0. The van der Waals surface area contributed by atoms with Crippen LogP contribution in [0.15, 0.2) is 24.3 Å². The number of nitrogens with zero attached hydrogens (tertiary/aromatic N) is 2. The molecular weight excluding hydrogens is 320 g/mol. The van der Waals surface area contributed by atoms with Crippen LogP contribution in [-0.4, -0.2) is 52.3 Å². The molecule has 0 fully saturated rings. The van der Waals surface area contributed by atoms with E-state index in [9.17, 15) is 19.5 Å². The molecule has 0 spiro atoms. The van der Waals surface area contributed by atoms with Gasteiger partial charge in [-0.05, 0) is 37.8 Å². The van der Waals surface area contributed by atoms with E-state index < -0.39 is 12.0 Å². The molecule has 1 heterocycles. The molecule has 25 heavy (non-hydrogen) atoms. The van der Waals surface area contributed by atoms with E-state index in [-0.39, 0.29) is 18.2 Å². The topological polar surface area (TPSA) is 77.9 Å². The maximum atomic E-state index is 12.6. The van der Waals surface area contributed by atoms with Crippen molar-refractivity contribution in [3.63, 3.8) is 0 Å². The van der Waals surface area contributed by atoms with Gasteiger partial charge < -0.3 is 14.9 Å². The number of carboxylic acids is 1. The molecule has 0 aliphatic carbocycles. The Balaban J connectivity index is 1.99. The van der Waals surface area contributed by atoms with E-state index in [1.54, 1.807) is 17.0 Å². The fraction of sp³-hybridized carbons (Fsp3) is 0.526. The number of amides is 2. The maximum Gasteiger partial charge on any atom is 0.331 e. The Hall–Kier alpha value is -2.37. The number of fused-ring (bicyclic) bond motifs is 1. The van der Waals surface area contributed by atoms with E-state index in [1.807, 2.05) is 26.0 Å². The molecule has 0 aromatic heterocycles. The molecule has 0 saturated carbocycles. The third-order valence-electron chi connectivity index (χ3n) is 4.74. The molecule has 1 unspecified atom stereocenters. The zero-order valence-corrected chi connectivity index (χ0v) is 14.9. The Bertz CT molecular complexity index is 640. The standard InChI is InChI=1S/C19H26N2O4/c1-3-20(4-2)16(22)10-7-11-17(23)21-13-12-14-8-5-6-9-15(14)18(21)19(24)25/h5-6,8-9,18H,3-4,7,10-13H2,1-2H3,(H,24,25). The highest BCUT2D eigenvalue weighted by Crippen LogP contribution is 2.30. The number of carbonyl (C=O) groups excluding carboxylic acids is 2. The number of benzene rings is 1. The molecule has 2 amide bonds. The van der Waals surface area contributed by atoms with E-state index in [2.05, 4.69) is 0 Å². The summed E-state index contributed by atoms with van der Waals surface area (Å²) < 4.78 is 0. The molecule has 6 heteroatoms. The van der Waals surface area contributed by atoms with Gasteiger partial charge >= 0.3 is 5.97 Å². The molecule has 1 aliphatic rings. The van der Waals surface area contributed by atoms with E-state index in [0.29, 0.717) is 44.5 Å². The largest absolute Gasteiger partial charge is 0.479 e. The SMILES string of the molecule is CCN(CC)C(=O)CCCC(=O)N1CCc2ccccc2C1C(=O)O. The van der Waals surface area contributed by atoms with Crippen molar-refractivity contribution in [1.29, 1.82) is 0 Å².